The highest BCUT2D eigenvalue weighted by atomic mass is 16.5. The summed E-state index contributed by atoms with van der Waals surface area (Å²) in [5.41, 5.74) is 2.37. The first-order chi connectivity index (χ1) is 9.38. The highest BCUT2D eigenvalue weighted by molar-refractivity contribution is 5.81. The monoisotopic (exact) mass is 253 g/mol. The van der Waals surface area contributed by atoms with Gasteiger partial charge in [0.05, 0.1) is 12.6 Å². The molecule has 0 amide bonds. The summed E-state index contributed by atoms with van der Waals surface area (Å²) in [5, 5.41) is 1.25. The quantitative estimate of drug-likeness (QED) is 0.647. The summed E-state index contributed by atoms with van der Waals surface area (Å²) in [6.07, 6.45) is 2.09. The molecule has 2 heteroatoms. The van der Waals surface area contributed by atoms with Crippen LogP contribution in [0, 0.1) is 0 Å². The Morgan fingerprint density at radius 3 is 2.21 bits per heavy atom. The third kappa shape index (κ3) is 2.63. The molecule has 0 aliphatic rings. The average Bonchev–Trinajstić information content (AvgIpc) is 2.93. The van der Waals surface area contributed by atoms with E-state index in [9.17, 15) is 0 Å². The van der Waals surface area contributed by atoms with E-state index < -0.39 is 0 Å². The molecule has 0 unspecified atom stereocenters. The molecule has 1 heterocycles. The SMILES string of the molecule is CC.COc1ccc(-n2ccc3ccccc32)cc1. The van der Waals surface area contributed by atoms with Gasteiger partial charge in [0.15, 0.2) is 0 Å². The Morgan fingerprint density at radius 1 is 0.842 bits per heavy atom. The molecule has 0 radical (unpaired) electrons. The van der Waals surface area contributed by atoms with Crippen molar-refractivity contribution in [2.24, 2.45) is 0 Å². The number of methoxy groups -OCH3 is 1. The predicted molar refractivity (Wildman–Crippen MR) is 81.2 cm³/mol. The molecular formula is C17H19NO. The Morgan fingerprint density at radius 2 is 1.53 bits per heavy atom. The topological polar surface area (TPSA) is 14.2 Å². The van der Waals surface area contributed by atoms with Crippen molar-refractivity contribution in [2.45, 2.75) is 13.8 Å². The first-order valence-electron chi connectivity index (χ1n) is 6.59. The van der Waals surface area contributed by atoms with Crippen LogP contribution >= 0.6 is 0 Å². The third-order valence-electron chi connectivity index (χ3n) is 2.95. The van der Waals surface area contributed by atoms with Gasteiger partial charge in [-0.3, -0.25) is 0 Å². The van der Waals surface area contributed by atoms with E-state index >= 15 is 0 Å². The van der Waals surface area contributed by atoms with Crippen LogP contribution in [0.2, 0.25) is 0 Å². The summed E-state index contributed by atoms with van der Waals surface area (Å²) in [6.45, 7) is 4.00. The van der Waals surface area contributed by atoms with Gasteiger partial charge in [0, 0.05) is 11.9 Å². The summed E-state index contributed by atoms with van der Waals surface area (Å²) in [6, 6.07) is 18.6. The molecular weight excluding hydrogens is 234 g/mol. The zero-order valence-corrected chi connectivity index (χ0v) is 11.6. The van der Waals surface area contributed by atoms with Crippen molar-refractivity contribution < 1.29 is 4.74 Å². The number of hydrogen-bond donors (Lipinski definition) is 0. The molecule has 0 aliphatic carbocycles. The first kappa shape index (κ1) is 13.2. The van der Waals surface area contributed by atoms with Crippen LogP contribution < -0.4 is 4.74 Å². The Labute approximate surface area is 114 Å². The number of nitrogens with zero attached hydrogens (tertiary/aromatic N) is 1. The van der Waals surface area contributed by atoms with Crippen LogP contribution in [0.25, 0.3) is 16.6 Å². The largest absolute Gasteiger partial charge is 0.497 e. The van der Waals surface area contributed by atoms with Crippen LogP contribution in [-0.2, 0) is 0 Å². The lowest BCUT2D eigenvalue weighted by molar-refractivity contribution is 0.415. The maximum absolute atomic E-state index is 5.16. The minimum atomic E-state index is 0.880. The van der Waals surface area contributed by atoms with E-state index in [1.54, 1.807) is 7.11 Å². The zero-order chi connectivity index (χ0) is 13.7. The number of benzene rings is 2. The Balaban J connectivity index is 0.000000637. The van der Waals surface area contributed by atoms with Gasteiger partial charge in [-0.25, -0.2) is 0 Å². The minimum Gasteiger partial charge on any atom is -0.497 e. The number of fused-ring (bicyclic) bond motifs is 1. The fraction of sp³-hybridized carbons (Fsp3) is 0.176. The molecule has 98 valence electrons. The van der Waals surface area contributed by atoms with E-state index in [1.807, 2.05) is 26.0 Å². The fourth-order valence-corrected chi connectivity index (χ4v) is 2.05. The van der Waals surface area contributed by atoms with E-state index in [1.165, 1.54) is 10.9 Å². The number of ether oxygens (including phenoxy) is 1. The van der Waals surface area contributed by atoms with Crippen molar-refractivity contribution in [1.82, 2.24) is 4.57 Å². The molecule has 0 atom stereocenters. The molecule has 2 aromatic carbocycles. The lowest BCUT2D eigenvalue weighted by Crippen LogP contribution is -1.91. The number of hydrogen-bond acceptors (Lipinski definition) is 1. The molecule has 0 bridgehead atoms. The fourth-order valence-electron chi connectivity index (χ4n) is 2.05. The number of aromatic nitrogens is 1. The second kappa shape index (κ2) is 6.10. The lowest BCUT2D eigenvalue weighted by atomic mass is 10.2. The van der Waals surface area contributed by atoms with E-state index in [-0.39, 0.29) is 0 Å². The molecule has 0 aliphatic heterocycles. The van der Waals surface area contributed by atoms with Crippen molar-refractivity contribution in [3.05, 3.63) is 60.8 Å². The normalized spacial score (nSPS) is 9.84. The molecule has 3 rings (SSSR count). The van der Waals surface area contributed by atoms with Gasteiger partial charge in [-0.15, -0.1) is 0 Å². The van der Waals surface area contributed by atoms with E-state index in [2.05, 4.69) is 53.2 Å². The van der Waals surface area contributed by atoms with E-state index in [4.69, 9.17) is 4.74 Å². The summed E-state index contributed by atoms with van der Waals surface area (Å²) < 4.78 is 7.34. The standard InChI is InChI=1S/C15H13NO.C2H6/c1-17-14-8-6-13(7-9-14)16-11-10-12-4-2-3-5-15(12)16;1-2/h2-11H,1H3;1-2H3. The lowest BCUT2D eigenvalue weighted by Gasteiger charge is -2.06. The molecule has 0 fully saturated rings. The Hall–Kier alpha value is -2.22. The third-order valence-corrected chi connectivity index (χ3v) is 2.95. The summed E-state index contributed by atoms with van der Waals surface area (Å²) in [5.74, 6) is 0.880. The molecule has 0 saturated carbocycles. The van der Waals surface area contributed by atoms with Crippen LogP contribution in [0.4, 0.5) is 0 Å². The van der Waals surface area contributed by atoms with Gasteiger partial charge < -0.3 is 9.30 Å². The summed E-state index contributed by atoms with van der Waals surface area (Å²) >= 11 is 0. The van der Waals surface area contributed by atoms with Gasteiger partial charge in [0.2, 0.25) is 0 Å². The minimum absolute atomic E-state index is 0.880. The average molecular weight is 253 g/mol. The first-order valence-corrected chi connectivity index (χ1v) is 6.59. The number of rotatable bonds is 2. The van der Waals surface area contributed by atoms with Crippen molar-refractivity contribution in [3.8, 4) is 11.4 Å². The second-order valence-electron chi connectivity index (χ2n) is 3.94. The van der Waals surface area contributed by atoms with Crippen LogP contribution in [-0.4, -0.2) is 11.7 Å². The molecule has 1 aromatic heterocycles. The van der Waals surface area contributed by atoms with Crippen LogP contribution in [0.1, 0.15) is 13.8 Å². The van der Waals surface area contributed by atoms with Gasteiger partial charge in [-0.1, -0.05) is 32.0 Å². The van der Waals surface area contributed by atoms with Gasteiger partial charge in [0.25, 0.3) is 0 Å². The van der Waals surface area contributed by atoms with Crippen molar-refractivity contribution in [1.29, 1.82) is 0 Å². The van der Waals surface area contributed by atoms with Crippen molar-refractivity contribution >= 4 is 10.9 Å². The summed E-state index contributed by atoms with van der Waals surface area (Å²) in [4.78, 5) is 0. The van der Waals surface area contributed by atoms with Crippen molar-refractivity contribution in [3.63, 3.8) is 0 Å². The van der Waals surface area contributed by atoms with Crippen LogP contribution in [0.15, 0.2) is 60.8 Å². The highest BCUT2D eigenvalue weighted by Crippen LogP contribution is 2.21. The summed E-state index contributed by atoms with van der Waals surface area (Å²) in [7, 11) is 1.68. The van der Waals surface area contributed by atoms with Crippen molar-refractivity contribution in [2.75, 3.05) is 7.11 Å². The van der Waals surface area contributed by atoms with Gasteiger partial charge in [-0.2, -0.15) is 0 Å². The maximum atomic E-state index is 5.16. The predicted octanol–water partition coefficient (Wildman–Crippen LogP) is 4.67. The van der Waals surface area contributed by atoms with Crippen LogP contribution in [0.5, 0.6) is 5.75 Å². The zero-order valence-electron chi connectivity index (χ0n) is 11.6. The molecule has 0 spiro atoms. The van der Waals surface area contributed by atoms with Gasteiger partial charge >= 0.3 is 0 Å². The Bertz CT molecular complexity index is 638. The molecule has 3 aromatic rings. The number of para-hydroxylation sites is 1. The molecule has 0 N–H and O–H groups in total. The Kier molecular flexibility index (Phi) is 4.24. The van der Waals surface area contributed by atoms with Gasteiger partial charge in [0.1, 0.15) is 5.75 Å². The molecule has 2 nitrogen and oxygen atoms in total. The van der Waals surface area contributed by atoms with E-state index in [0.29, 0.717) is 0 Å². The molecule has 19 heavy (non-hydrogen) atoms. The van der Waals surface area contributed by atoms with Crippen LogP contribution in [0.3, 0.4) is 0 Å². The maximum Gasteiger partial charge on any atom is 0.119 e. The van der Waals surface area contributed by atoms with E-state index in [0.717, 1.165) is 11.4 Å². The highest BCUT2D eigenvalue weighted by Gasteiger charge is 2.02. The second-order valence-corrected chi connectivity index (χ2v) is 3.94. The smallest absolute Gasteiger partial charge is 0.119 e. The van der Waals surface area contributed by atoms with Gasteiger partial charge in [-0.05, 0) is 41.8 Å². The molecule has 0 saturated heterocycles.